The van der Waals surface area contributed by atoms with E-state index in [2.05, 4.69) is 36.4 Å². The Balaban J connectivity index is 2.33. The van der Waals surface area contributed by atoms with Crippen LogP contribution in [0.4, 0.5) is 0 Å². The van der Waals surface area contributed by atoms with Crippen LogP contribution in [0.2, 0.25) is 0 Å². The molecule has 0 saturated heterocycles. The highest BCUT2D eigenvalue weighted by Gasteiger charge is 2.19. The van der Waals surface area contributed by atoms with Gasteiger partial charge in [-0.05, 0) is 21.9 Å². The molecule has 1 heterocycles. The first-order valence-corrected chi connectivity index (χ1v) is 6.28. The Morgan fingerprint density at radius 3 is 2.93 bits per heavy atom. The van der Waals surface area contributed by atoms with E-state index in [0.29, 0.717) is 0 Å². The summed E-state index contributed by atoms with van der Waals surface area (Å²) >= 11 is 1.81. The van der Waals surface area contributed by atoms with Crippen LogP contribution >= 0.6 is 11.8 Å². The number of benzene rings is 2. The lowest BCUT2D eigenvalue weighted by Crippen LogP contribution is -2.10. The zero-order chi connectivity index (χ0) is 10.3. The zero-order valence-corrected chi connectivity index (χ0v) is 9.13. The molecule has 3 rings (SSSR count). The van der Waals surface area contributed by atoms with Crippen LogP contribution in [-0.2, 0) is 5.75 Å². The molecule has 0 aliphatic carbocycles. The average Bonchev–Trinajstić information content (AvgIpc) is 2.29. The highest BCUT2D eigenvalue weighted by molar-refractivity contribution is 7.98. The van der Waals surface area contributed by atoms with Gasteiger partial charge in [-0.2, -0.15) is 11.8 Å². The minimum Gasteiger partial charge on any atom is -0.388 e. The van der Waals surface area contributed by atoms with Crippen LogP contribution < -0.4 is 0 Å². The van der Waals surface area contributed by atoms with Crippen molar-refractivity contribution in [2.75, 3.05) is 5.75 Å². The van der Waals surface area contributed by atoms with E-state index in [0.717, 1.165) is 17.1 Å². The molecule has 0 bridgehead atoms. The topological polar surface area (TPSA) is 20.2 Å². The SMILES string of the molecule is OC1CSCc2c1ccc1ccccc21. The molecule has 0 spiro atoms. The molecule has 0 saturated carbocycles. The second-order valence-corrected chi connectivity index (χ2v) is 4.92. The van der Waals surface area contributed by atoms with Crippen LogP contribution in [0.1, 0.15) is 17.2 Å². The summed E-state index contributed by atoms with van der Waals surface area (Å²) < 4.78 is 0. The van der Waals surface area contributed by atoms with Crippen molar-refractivity contribution in [2.24, 2.45) is 0 Å². The quantitative estimate of drug-likeness (QED) is 0.730. The molecule has 0 aromatic heterocycles. The number of thioether (sulfide) groups is 1. The molecule has 0 fully saturated rings. The first kappa shape index (κ1) is 9.25. The fourth-order valence-corrected chi connectivity index (χ4v) is 3.24. The maximum atomic E-state index is 9.90. The first-order valence-electron chi connectivity index (χ1n) is 5.12. The van der Waals surface area contributed by atoms with Gasteiger partial charge < -0.3 is 5.11 Å². The van der Waals surface area contributed by atoms with E-state index in [1.807, 2.05) is 11.8 Å². The lowest BCUT2D eigenvalue weighted by Gasteiger charge is -2.22. The normalized spacial score (nSPS) is 20.2. The van der Waals surface area contributed by atoms with Crippen LogP contribution in [0.15, 0.2) is 36.4 Å². The number of hydrogen-bond donors (Lipinski definition) is 1. The van der Waals surface area contributed by atoms with Gasteiger partial charge >= 0.3 is 0 Å². The van der Waals surface area contributed by atoms with Crippen molar-refractivity contribution in [2.45, 2.75) is 11.9 Å². The molecule has 2 aromatic rings. The van der Waals surface area contributed by atoms with Gasteiger partial charge in [-0.15, -0.1) is 0 Å². The summed E-state index contributed by atoms with van der Waals surface area (Å²) in [5, 5.41) is 12.5. The van der Waals surface area contributed by atoms with Gasteiger partial charge in [-0.3, -0.25) is 0 Å². The molecule has 1 aliphatic heterocycles. The van der Waals surface area contributed by atoms with Gasteiger partial charge in [0, 0.05) is 11.5 Å². The summed E-state index contributed by atoms with van der Waals surface area (Å²) in [5.41, 5.74) is 2.43. The summed E-state index contributed by atoms with van der Waals surface area (Å²) in [7, 11) is 0. The molecule has 0 radical (unpaired) electrons. The van der Waals surface area contributed by atoms with Crippen molar-refractivity contribution in [1.82, 2.24) is 0 Å². The number of hydrogen-bond acceptors (Lipinski definition) is 2. The molecular formula is C13H12OS. The summed E-state index contributed by atoms with van der Waals surface area (Å²) in [6.07, 6.45) is -0.289. The largest absolute Gasteiger partial charge is 0.388 e. The number of aliphatic hydroxyl groups excluding tert-OH is 1. The van der Waals surface area contributed by atoms with Gasteiger partial charge in [-0.25, -0.2) is 0 Å². The molecule has 15 heavy (non-hydrogen) atoms. The van der Waals surface area contributed by atoms with Gasteiger partial charge in [0.05, 0.1) is 6.10 Å². The Kier molecular flexibility index (Phi) is 2.19. The summed E-state index contributed by atoms with van der Waals surface area (Å²) in [6.45, 7) is 0. The van der Waals surface area contributed by atoms with E-state index in [4.69, 9.17) is 0 Å². The summed E-state index contributed by atoms with van der Waals surface area (Å²) in [5.74, 6) is 1.85. The summed E-state index contributed by atoms with van der Waals surface area (Å²) in [6, 6.07) is 12.6. The Morgan fingerprint density at radius 2 is 2.00 bits per heavy atom. The van der Waals surface area contributed by atoms with Crippen LogP contribution in [0, 0.1) is 0 Å². The van der Waals surface area contributed by atoms with Gasteiger partial charge in [0.25, 0.3) is 0 Å². The van der Waals surface area contributed by atoms with E-state index in [1.54, 1.807) is 0 Å². The third kappa shape index (κ3) is 1.45. The highest BCUT2D eigenvalue weighted by Crippen LogP contribution is 2.35. The molecule has 1 N–H and O–H groups in total. The van der Waals surface area contributed by atoms with Crippen molar-refractivity contribution >= 4 is 22.5 Å². The van der Waals surface area contributed by atoms with Gasteiger partial charge in [0.1, 0.15) is 0 Å². The summed E-state index contributed by atoms with van der Waals surface area (Å²) in [4.78, 5) is 0. The monoisotopic (exact) mass is 216 g/mol. The van der Waals surface area contributed by atoms with Crippen LogP contribution in [0.5, 0.6) is 0 Å². The standard InChI is InChI=1S/C13H12OS/c14-13-8-15-7-12-10-4-2-1-3-9(10)5-6-11(12)13/h1-6,13-14H,7-8H2. The molecule has 2 heteroatoms. The number of aliphatic hydroxyl groups is 1. The maximum Gasteiger partial charge on any atom is 0.0883 e. The predicted octanol–water partition coefficient (Wildman–Crippen LogP) is 3.12. The van der Waals surface area contributed by atoms with E-state index in [9.17, 15) is 5.11 Å². The molecule has 1 atom stereocenters. The van der Waals surface area contributed by atoms with Gasteiger partial charge in [0.15, 0.2) is 0 Å². The molecule has 2 aromatic carbocycles. The van der Waals surface area contributed by atoms with Gasteiger partial charge in [-0.1, -0.05) is 36.4 Å². The Labute approximate surface area is 93.1 Å². The number of fused-ring (bicyclic) bond motifs is 3. The fourth-order valence-electron chi connectivity index (χ4n) is 2.19. The van der Waals surface area contributed by atoms with Crippen molar-refractivity contribution in [1.29, 1.82) is 0 Å². The van der Waals surface area contributed by atoms with E-state index >= 15 is 0 Å². The third-order valence-corrected chi connectivity index (χ3v) is 4.00. The maximum absolute atomic E-state index is 9.90. The number of rotatable bonds is 0. The Hall–Kier alpha value is -0.990. The van der Waals surface area contributed by atoms with Crippen LogP contribution in [0.25, 0.3) is 10.8 Å². The van der Waals surface area contributed by atoms with Crippen molar-refractivity contribution in [3.63, 3.8) is 0 Å². The van der Waals surface area contributed by atoms with Crippen molar-refractivity contribution < 1.29 is 5.11 Å². The minimum atomic E-state index is -0.289. The fraction of sp³-hybridized carbons (Fsp3) is 0.231. The smallest absolute Gasteiger partial charge is 0.0883 e. The van der Waals surface area contributed by atoms with Gasteiger partial charge in [0.2, 0.25) is 0 Å². The third-order valence-electron chi connectivity index (χ3n) is 2.96. The Morgan fingerprint density at radius 1 is 1.13 bits per heavy atom. The van der Waals surface area contributed by atoms with Crippen LogP contribution in [0.3, 0.4) is 0 Å². The predicted molar refractivity (Wildman–Crippen MR) is 65.1 cm³/mol. The lowest BCUT2D eigenvalue weighted by molar-refractivity contribution is 0.202. The lowest BCUT2D eigenvalue weighted by atomic mass is 9.97. The highest BCUT2D eigenvalue weighted by atomic mass is 32.2. The Bertz CT molecular complexity index is 507. The van der Waals surface area contributed by atoms with E-state index < -0.39 is 0 Å². The minimum absolute atomic E-state index is 0.289. The van der Waals surface area contributed by atoms with Crippen LogP contribution in [-0.4, -0.2) is 10.9 Å². The zero-order valence-electron chi connectivity index (χ0n) is 8.31. The second-order valence-electron chi connectivity index (χ2n) is 3.89. The molecule has 76 valence electrons. The second kappa shape index (κ2) is 3.54. The van der Waals surface area contributed by atoms with E-state index in [1.165, 1.54) is 16.3 Å². The molecular weight excluding hydrogens is 204 g/mol. The molecule has 1 nitrogen and oxygen atoms in total. The first-order chi connectivity index (χ1) is 7.36. The molecule has 1 unspecified atom stereocenters. The van der Waals surface area contributed by atoms with E-state index in [-0.39, 0.29) is 6.10 Å². The van der Waals surface area contributed by atoms with Crippen molar-refractivity contribution in [3.8, 4) is 0 Å². The molecule has 1 aliphatic rings. The average molecular weight is 216 g/mol. The van der Waals surface area contributed by atoms with Crippen molar-refractivity contribution in [3.05, 3.63) is 47.5 Å². The molecule has 0 amide bonds.